The van der Waals surface area contributed by atoms with Crippen molar-refractivity contribution in [3.05, 3.63) is 131 Å². The molecule has 6 heterocycles. The van der Waals surface area contributed by atoms with Crippen molar-refractivity contribution in [2.45, 2.75) is 0 Å². The summed E-state index contributed by atoms with van der Waals surface area (Å²) in [6.07, 6.45) is 13.6. The van der Waals surface area contributed by atoms with E-state index in [1.807, 2.05) is 36.4 Å². The predicted octanol–water partition coefficient (Wildman–Crippen LogP) is 4.04. The summed E-state index contributed by atoms with van der Waals surface area (Å²) in [5, 5.41) is 9.71. The van der Waals surface area contributed by atoms with Gasteiger partial charge >= 0.3 is 12.1 Å². The number of nitrogens with zero attached hydrogens (tertiary/aromatic N) is 8. The highest BCUT2D eigenvalue weighted by Gasteiger charge is 2.15. The van der Waals surface area contributed by atoms with Crippen molar-refractivity contribution in [1.82, 2.24) is 40.8 Å². The Balaban J connectivity index is 0.000000181. The smallest absolute Gasteiger partial charge is 0.332 e. The highest BCUT2D eigenvalue weighted by Crippen LogP contribution is 2.27. The normalized spacial score (nSPS) is 11.2. The van der Waals surface area contributed by atoms with Gasteiger partial charge in [0, 0.05) is 60.7 Å². The summed E-state index contributed by atoms with van der Waals surface area (Å²) in [6, 6.07) is 16.9. The fraction of sp³-hybridized carbons (Fsp3) is 0. The number of rotatable bonds is 8. The standard InChI is InChI=1S/2C15H12N6OS/c2*16-15(22)21-20-13(11-5-1-2-7-18-11)12-9-19-14(23-12)10-4-3-6-17-8-10/h2*1-9H,(H3,16,21,22)/b20-13+;20-13-. The van der Waals surface area contributed by atoms with Crippen LogP contribution in [-0.2, 0) is 0 Å². The summed E-state index contributed by atoms with van der Waals surface area (Å²) in [5.41, 5.74) is 18.7. The zero-order valence-corrected chi connectivity index (χ0v) is 25.4. The van der Waals surface area contributed by atoms with Gasteiger partial charge in [-0.2, -0.15) is 10.2 Å². The summed E-state index contributed by atoms with van der Waals surface area (Å²) < 4.78 is 0. The summed E-state index contributed by atoms with van der Waals surface area (Å²) in [7, 11) is 0. The van der Waals surface area contributed by atoms with Gasteiger partial charge in [-0.25, -0.2) is 30.4 Å². The maximum Gasteiger partial charge on any atom is 0.332 e. The Labute approximate surface area is 270 Å². The molecular formula is C30H24N12O2S2. The summed E-state index contributed by atoms with van der Waals surface area (Å²) >= 11 is 2.85. The molecule has 16 heteroatoms. The van der Waals surface area contributed by atoms with Crippen LogP contribution in [0.5, 0.6) is 0 Å². The van der Waals surface area contributed by atoms with E-state index in [9.17, 15) is 9.59 Å². The first-order chi connectivity index (χ1) is 22.5. The second-order valence-corrected chi connectivity index (χ2v) is 10.9. The van der Waals surface area contributed by atoms with Crippen molar-refractivity contribution >= 4 is 46.2 Å². The Morgan fingerprint density at radius 3 is 1.37 bits per heavy atom. The van der Waals surface area contributed by atoms with Gasteiger partial charge in [0.25, 0.3) is 0 Å². The number of hydrogen-bond donors (Lipinski definition) is 4. The minimum atomic E-state index is -0.740. The number of nitrogens with one attached hydrogen (secondary N) is 2. The van der Waals surface area contributed by atoms with E-state index in [0.29, 0.717) is 22.8 Å². The molecule has 0 atom stereocenters. The van der Waals surface area contributed by atoms with Crippen molar-refractivity contribution in [3.8, 4) is 21.1 Å². The Morgan fingerprint density at radius 2 is 1.02 bits per heavy atom. The molecule has 228 valence electrons. The third kappa shape index (κ3) is 8.43. The quantitative estimate of drug-likeness (QED) is 0.139. The number of carbonyl (C=O) groups is 2. The Morgan fingerprint density at radius 1 is 0.565 bits per heavy atom. The number of aromatic nitrogens is 6. The van der Waals surface area contributed by atoms with Gasteiger partial charge in [-0.15, -0.1) is 22.7 Å². The van der Waals surface area contributed by atoms with Crippen molar-refractivity contribution in [2.24, 2.45) is 21.7 Å². The van der Waals surface area contributed by atoms with Crippen LogP contribution in [0.3, 0.4) is 0 Å². The third-order valence-electron chi connectivity index (χ3n) is 5.67. The summed E-state index contributed by atoms with van der Waals surface area (Å²) in [6.45, 7) is 0. The van der Waals surface area contributed by atoms with E-state index < -0.39 is 12.1 Å². The van der Waals surface area contributed by atoms with Crippen LogP contribution in [0.4, 0.5) is 9.59 Å². The number of pyridine rings is 4. The molecule has 6 rings (SSSR count). The lowest BCUT2D eigenvalue weighted by Crippen LogP contribution is -2.26. The molecule has 46 heavy (non-hydrogen) atoms. The van der Waals surface area contributed by atoms with Gasteiger partial charge in [-0.05, 0) is 48.5 Å². The zero-order chi connectivity index (χ0) is 32.1. The topological polar surface area (TPSA) is 212 Å². The molecular weight excluding hydrogens is 625 g/mol. The molecule has 6 N–H and O–H groups in total. The van der Waals surface area contributed by atoms with Gasteiger partial charge in [0.2, 0.25) is 0 Å². The Bertz CT molecular complexity index is 1810. The lowest BCUT2D eigenvalue weighted by atomic mass is 10.2. The van der Waals surface area contributed by atoms with Crippen LogP contribution < -0.4 is 22.3 Å². The van der Waals surface area contributed by atoms with Crippen LogP contribution in [0, 0.1) is 0 Å². The first-order valence-electron chi connectivity index (χ1n) is 13.3. The van der Waals surface area contributed by atoms with E-state index in [1.54, 1.807) is 73.8 Å². The van der Waals surface area contributed by atoms with Crippen LogP contribution in [0.25, 0.3) is 21.1 Å². The molecule has 0 aliphatic rings. The molecule has 0 spiro atoms. The molecule has 0 radical (unpaired) electrons. The van der Waals surface area contributed by atoms with Crippen LogP contribution >= 0.6 is 22.7 Å². The van der Waals surface area contributed by atoms with E-state index in [-0.39, 0.29) is 0 Å². The molecule has 0 aliphatic heterocycles. The van der Waals surface area contributed by atoms with Gasteiger partial charge in [-0.1, -0.05) is 12.1 Å². The second-order valence-electron chi connectivity index (χ2n) is 8.85. The lowest BCUT2D eigenvalue weighted by Gasteiger charge is -2.02. The van der Waals surface area contributed by atoms with Crippen molar-refractivity contribution in [2.75, 3.05) is 0 Å². The highest BCUT2D eigenvalue weighted by atomic mass is 32.1. The largest absolute Gasteiger partial charge is 0.350 e. The number of hydrogen-bond acceptors (Lipinski definition) is 12. The molecule has 0 saturated heterocycles. The Hall–Kier alpha value is -6.26. The SMILES string of the molecule is NC(=O)N/N=C(/c1ccccn1)c1cnc(-c2cccnc2)s1.NC(=O)N/N=C(\c1ccccn1)c1cnc(-c2cccnc2)s1. The molecule has 0 fully saturated rings. The number of hydrazone groups is 2. The third-order valence-corrected chi connectivity index (χ3v) is 7.77. The highest BCUT2D eigenvalue weighted by molar-refractivity contribution is 7.17. The summed E-state index contributed by atoms with van der Waals surface area (Å²) in [4.78, 5) is 48.9. The van der Waals surface area contributed by atoms with Crippen LogP contribution in [-0.4, -0.2) is 53.4 Å². The molecule has 0 aromatic carbocycles. The maximum absolute atomic E-state index is 11.0. The van der Waals surface area contributed by atoms with Gasteiger partial charge < -0.3 is 11.5 Å². The van der Waals surface area contributed by atoms with Gasteiger partial charge in [0.15, 0.2) is 0 Å². The second kappa shape index (κ2) is 15.5. The van der Waals surface area contributed by atoms with Crippen molar-refractivity contribution in [1.29, 1.82) is 0 Å². The molecule has 4 amide bonds. The lowest BCUT2D eigenvalue weighted by molar-refractivity contribution is 0.248. The van der Waals surface area contributed by atoms with Gasteiger partial charge in [-0.3, -0.25) is 19.9 Å². The zero-order valence-electron chi connectivity index (χ0n) is 23.8. The molecule has 0 bridgehead atoms. The number of carbonyl (C=O) groups excluding carboxylic acids is 2. The average Bonchev–Trinajstić information content (AvgIpc) is 3.78. The van der Waals surface area contributed by atoms with E-state index in [4.69, 9.17) is 11.5 Å². The fourth-order valence-corrected chi connectivity index (χ4v) is 5.53. The first kappa shape index (κ1) is 31.2. The molecule has 6 aromatic rings. The number of primary amides is 2. The van der Waals surface area contributed by atoms with E-state index in [1.165, 1.54) is 22.7 Å². The summed E-state index contributed by atoms with van der Waals surface area (Å²) in [5.74, 6) is 0. The molecule has 0 saturated carbocycles. The number of urea groups is 2. The van der Waals surface area contributed by atoms with Crippen LogP contribution in [0.15, 0.2) is 120 Å². The minimum absolute atomic E-state index is 0.497. The first-order valence-corrected chi connectivity index (χ1v) is 14.9. The predicted molar refractivity (Wildman–Crippen MR) is 176 cm³/mol. The molecule has 6 aromatic heterocycles. The molecule has 0 unspecified atom stereocenters. The van der Waals surface area contributed by atoms with E-state index in [2.05, 4.69) is 51.0 Å². The van der Waals surface area contributed by atoms with Crippen LogP contribution in [0.1, 0.15) is 21.1 Å². The maximum atomic E-state index is 11.0. The van der Waals surface area contributed by atoms with Crippen molar-refractivity contribution in [3.63, 3.8) is 0 Å². The fourth-order valence-electron chi connectivity index (χ4n) is 3.72. The Kier molecular flexibility index (Phi) is 10.5. The number of amides is 4. The average molecular weight is 649 g/mol. The van der Waals surface area contributed by atoms with Crippen molar-refractivity contribution < 1.29 is 9.59 Å². The number of nitrogens with two attached hydrogens (primary N) is 2. The van der Waals surface area contributed by atoms with Gasteiger partial charge in [0.1, 0.15) is 21.4 Å². The minimum Gasteiger partial charge on any atom is -0.350 e. The molecule has 14 nitrogen and oxygen atoms in total. The van der Waals surface area contributed by atoms with E-state index in [0.717, 1.165) is 30.9 Å². The van der Waals surface area contributed by atoms with E-state index >= 15 is 0 Å². The van der Waals surface area contributed by atoms with Gasteiger partial charge in [0.05, 0.1) is 21.1 Å². The monoisotopic (exact) mass is 648 g/mol. The number of thiazole rings is 2. The van der Waals surface area contributed by atoms with Crippen LogP contribution in [0.2, 0.25) is 0 Å². The molecule has 0 aliphatic carbocycles.